The summed E-state index contributed by atoms with van der Waals surface area (Å²) in [5.41, 5.74) is 5.24. The van der Waals surface area contributed by atoms with Crippen molar-refractivity contribution >= 4 is 17.6 Å². The van der Waals surface area contributed by atoms with Gasteiger partial charge in [0.25, 0.3) is 5.91 Å². The largest absolute Gasteiger partial charge is 0.451 e. The van der Waals surface area contributed by atoms with Gasteiger partial charge in [0.2, 0.25) is 5.82 Å². The van der Waals surface area contributed by atoms with Crippen LogP contribution in [0.5, 0.6) is 0 Å². The Morgan fingerprint density at radius 1 is 1.13 bits per heavy atom. The van der Waals surface area contributed by atoms with Crippen LogP contribution in [-0.2, 0) is 33.7 Å². The van der Waals surface area contributed by atoms with Crippen LogP contribution in [0.4, 0.5) is 5.69 Å². The van der Waals surface area contributed by atoms with E-state index in [-0.39, 0.29) is 12.5 Å². The molecule has 3 aromatic rings. The fraction of sp³-hybridized carbons (Fsp3) is 0.318. The molecular weight excluding hydrogens is 382 g/mol. The predicted octanol–water partition coefficient (Wildman–Crippen LogP) is 2.71. The number of carbonyl (C=O) groups is 2. The van der Waals surface area contributed by atoms with Crippen molar-refractivity contribution in [2.24, 2.45) is 0 Å². The Morgan fingerprint density at radius 2 is 1.90 bits per heavy atom. The van der Waals surface area contributed by atoms with Crippen LogP contribution in [0.2, 0.25) is 0 Å². The summed E-state index contributed by atoms with van der Waals surface area (Å²) in [5, 5.41) is 14.8. The quantitative estimate of drug-likeness (QED) is 0.633. The van der Waals surface area contributed by atoms with Crippen molar-refractivity contribution in [2.75, 3.05) is 5.32 Å². The molecule has 8 heteroatoms. The van der Waals surface area contributed by atoms with Crippen LogP contribution in [0, 0.1) is 6.92 Å². The normalized spacial score (nSPS) is 13.5. The molecule has 0 fully saturated rings. The average Bonchev–Trinajstić information content (AvgIpc) is 3.37. The van der Waals surface area contributed by atoms with Gasteiger partial charge in [-0.25, -0.2) is 4.79 Å². The highest BCUT2D eigenvalue weighted by atomic mass is 16.5. The van der Waals surface area contributed by atoms with Crippen molar-refractivity contribution in [1.82, 2.24) is 20.2 Å². The van der Waals surface area contributed by atoms with Gasteiger partial charge < -0.3 is 10.1 Å². The summed E-state index contributed by atoms with van der Waals surface area (Å²) >= 11 is 0. The molecule has 1 aliphatic rings. The van der Waals surface area contributed by atoms with Gasteiger partial charge in [0.05, 0.1) is 0 Å². The smallest absolute Gasteiger partial charge is 0.330 e. The van der Waals surface area contributed by atoms with Gasteiger partial charge >= 0.3 is 5.97 Å². The van der Waals surface area contributed by atoms with Gasteiger partial charge in [0.15, 0.2) is 12.6 Å². The monoisotopic (exact) mass is 405 g/mol. The topological polar surface area (TPSA) is 99.0 Å². The van der Waals surface area contributed by atoms with E-state index in [1.54, 1.807) is 0 Å². The highest BCUT2D eigenvalue weighted by molar-refractivity contribution is 5.95. The van der Waals surface area contributed by atoms with Crippen LogP contribution in [0.3, 0.4) is 0 Å². The summed E-state index contributed by atoms with van der Waals surface area (Å²) in [5.74, 6) is -0.571. The lowest BCUT2D eigenvalue weighted by Crippen LogP contribution is -2.31. The fourth-order valence-corrected chi connectivity index (χ4v) is 3.43. The van der Waals surface area contributed by atoms with Crippen molar-refractivity contribution in [2.45, 2.75) is 45.8 Å². The molecule has 1 aromatic heterocycles. The van der Waals surface area contributed by atoms with Gasteiger partial charge in [-0.1, -0.05) is 35.9 Å². The summed E-state index contributed by atoms with van der Waals surface area (Å²) in [4.78, 5) is 25.7. The molecule has 30 heavy (non-hydrogen) atoms. The maximum absolute atomic E-state index is 12.4. The van der Waals surface area contributed by atoms with Gasteiger partial charge in [-0.05, 0) is 61.6 Å². The van der Waals surface area contributed by atoms with Gasteiger partial charge in [-0.3, -0.25) is 4.79 Å². The van der Waals surface area contributed by atoms with Crippen molar-refractivity contribution in [3.05, 3.63) is 59.2 Å². The third kappa shape index (κ3) is 4.53. The van der Waals surface area contributed by atoms with Gasteiger partial charge in [-0.2, -0.15) is 4.80 Å². The van der Waals surface area contributed by atoms with E-state index in [2.05, 4.69) is 20.7 Å². The lowest BCUT2D eigenvalue weighted by Gasteiger charge is -2.14. The van der Waals surface area contributed by atoms with Crippen LogP contribution in [-0.4, -0.2) is 38.2 Å². The number of aromatic nitrogens is 4. The van der Waals surface area contributed by atoms with Crippen LogP contribution in [0.1, 0.15) is 30.0 Å². The average molecular weight is 405 g/mol. The van der Waals surface area contributed by atoms with Crippen molar-refractivity contribution in [3.63, 3.8) is 0 Å². The summed E-state index contributed by atoms with van der Waals surface area (Å²) in [6.07, 6.45) is 2.31. The Hall–Kier alpha value is -3.55. The second-order valence-electron chi connectivity index (χ2n) is 7.47. The number of tetrazole rings is 1. The number of nitrogens with one attached hydrogen (secondary N) is 1. The molecule has 1 N–H and O–H groups in total. The number of rotatable bonds is 6. The molecule has 0 radical (unpaired) electrons. The SMILES string of the molecule is Cc1ccc(-c2nnn(CC(=O)O[C@@H](C)C(=O)Nc3ccc4c(c3)CCC4)n2)cc1. The zero-order valence-electron chi connectivity index (χ0n) is 17.0. The Labute approximate surface area is 174 Å². The molecule has 2 aromatic carbocycles. The first kappa shape index (κ1) is 19.8. The molecule has 1 atom stereocenters. The Kier molecular flexibility index (Phi) is 5.56. The lowest BCUT2D eigenvalue weighted by molar-refractivity contribution is -0.154. The summed E-state index contributed by atoms with van der Waals surface area (Å²) < 4.78 is 5.23. The summed E-state index contributed by atoms with van der Waals surface area (Å²) in [6.45, 7) is 3.30. The number of hydrogen-bond donors (Lipinski definition) is 1. The number of anilines is 1. The molecule has 0 unspecified atom stereocenters. The molecule has 0 bridgehead atoms. The molecule has 1 aliphatic carbocycles. The number of esters is 1. The Bertz CT molecular complexity index is 1070. The van der Waals surface area contributed by atoms with E-state index in [0.717, 1.165) is 35.2 Å². The number of carbonyl (C=O) groups excluding carboxylic acids is 2. The number of ether oxygens (including phenoxy) is 1. The zero-order chi connectivity index (χ0) is 21.1. The molecule has 0 aliphatic heterocycles. The molecule has 0 saturated carbocycles. The standard InChI is InChI=1S/C22H23N5O3/c1-14-6-8-17(9-7-14)21-24-26-27(25-21)13-20(28)30-15(2)22(29)23-19-11-10-16-4-3-5-18(16)12-19/h6-12,15H,3-5,13H2,1-2H3,(H,23,29)/t15-/m0/s1. The van der Waals surface area contributed by atoms with E-state index < -0.39 is 12.1 Å². The third-order valence-electron chi connectivity index (χ3n) is 5.08. The van der Waals surface area contributed by atoms with Crippen LogP contribution >= 0.6 is 0 Å². The second-order valence-corrected chi connectivity index (χ2v) is 7.47. The van der Waals surface area contributed by atoms with E-state index in [9.17, 15) is 9.59 Å². The molecular formula is C22H23N5O3. The number of hydrogen-bond acceptors (Lipinski definition) is 6. The minimum absolute atomic E-state index is 0.227. The van der Waals surface area contributed by atoms with Crippen LogP contribution in [0.25, 0.3) is 11.4 Å². The van der Waals surface area contributed by atoms with Gasteiger partial charge in [0.1, 0.15) is 0 Å². The summed E-state index contributed by atoms with van der Waals surface area (Å²) in [7, 11) is 0. The first-order valence-corrected chi connectivity index (χ1v) is 9.95. The van der Waals surface area contributed by atoms with Crippen LogP contribution < -0.4 is 5.32 Å². The first-order chi connectivity index (χ1) is 14.5. The van der Waals surface area contributed by atoms with E-state index >= 15 is 0 Å². The minimum atomic E-state index is -0.939. The van der Waals surface area contributed by atoms with Crippen molar-refractivity contribution in [3.8, 4) is 11.4 Å². The van der Waals surface area contributed by atoms with E-state index in [4.69, 9.17) is 4.74 Å². The van der Waals surface area contributed by atoms with Gasteiger partial charge in [-0.15, -0.1) is 10.2 Å². The highest BCUT2D eigenvalue weighted by Gasteiger charge is 2.20. The van der Waals surface area contributed by atoms with Crippen molar-refractivity contribution < 1.29 is 14.3 Å². The maximum Gasteiger partial charge on any atom is 0.330 e. The Balaban J connectivity index is 1.31. The number of amides is 1. The molecule has 0 spiro atoms. The van der Waals surface area contributed by atoms with E-state index in [0.29, 0.717) is 11.5 Å². The number of aryl methyl sites for hydroxylation is 3. The maximum atomic E-state index is 12.4. The minimum Gasteiger partial charge on any atom is -0.451 e. The molecule has 4 rings (SSSR count). The lowest BCUT2D eigenvalue weighted by atomic mass is 10.1. The van der Waals surface area contributed by atoms with E-state index in [1.807, 2.05) is 49.4 Å². The molecule has 8 nitrogen and oxygen atoms in total. The number of fused-ring (bicyclic) bond motifs is 1. The molecule has 1 heterocycles. The number of nitrogens with zero attached hydrogens (tertiary/aromatic N) is 4. The predicted molar refractivity (Wildman–Crippen MR) is 111 cm³/mol. The third-order valence-corrected chi connectivity index (χ3v) is 5.08. The number of benzene rings is 2. The van der Waals surface area contributed by atoms with E-state index in [1.165, 1.54) is 18.1 Å². The Morgan fingerprint density at radius 3 is 2.70 bits per heavy atom. The van der Waals surface area contributed by atoms with Crippen LogP contribution in [0.15, 0.2) is 42.5 Å². The molecule has 154 valence electrons. The highest BCUT2D eigenvalue weighted by Crippen LogP contribution is 2.25. The van der Waals surface area contributed by atoms with Gasteiger partial charge in [0, 0.05) is 11.3 Å². The summed E-state index contributed by atoms with van der Waals surface area (Å²) in [6, 6.07) is 13.6. The first-order valence-electron chi connectivity index (χ1n) is 9.95. The fourth-order valence-electron chi connectivity index (χ4n) is 3.43. The molecule has 0 saturated heterocycles. The zero-order valence-corrected chi connectivity index (χ0v) is 17.0. The molecule has 1 amide bonds. The van der Waals surface area contributed by atoms with Crippen molar-refractivity contribution in [1.29, 1.82) is 0 Å². The second kappa shape index (κ2) is 8.44.